The number of methoxy groups -OCH3 is 2. The lowest BCUT2D eigenvalue weighted by Crippen LogP contribution is -2.06. The third-order valence-electron chi connectivity index (χ3n) is 2.41. The van der Waals surface area contributed by atoms with E-state index in [9.17, 15) is 0 Å². The molecule has 0 radical (unpaired) electrons. The van der Waals surface area contributed by atoms with Crippen LogP contribution in [0.5, 0.6) is 11.5 Å². The Labute approximate surface area is 123 Å². The Kier molecular flexibility index (Phi) is 7.20. The number of ether oxygens (including phenoxy) is 4. The minimum atomic E-state index is 0.220. The van der Waals surface area contributed by atoms with Crippen molar-refractivity contribution < 1.29 is 18.9 Å². The fraction of sp³-hybridized carbons (Fsp3) is 0.571. The molecule has 0 spiro atoms. The van der Waals surface area contributed by atoms with Crippen LogP contribution in [-0.4, -0.2) is 27.8 Å². The molecule has 1 rings (SSSR count). The highest BCUT2D eigenvalue weighted by Gasteiger charge is 2.12. The predicted octanol–water partition coefficient (Wildman–Crippen LogP) is 3.61. The lowest BCUT2D eigenvalue weighted by Gasteiger charge is -2.16. The normalized spacial score (nSPS) is 10.8. The highest BCUT2D eigenvalue weighted by Crippen LogP contribution is 2.34. The Morgan fingerprint density at radius 1 is 1.00 bits per heavy atom. The SMILES string of the molecule is COCOc1cc(CC(C)C)c(OCOC)cc1Br. The van der Waals surface area contributed by atoms with E-state index in [-0.39, 0.29) is 13.6 Å². The summed E-state index contributed by atoms with van der Waals surface area (Å²) in [6, 6.07) is 3.88. The van der Waals surface area contributed by atoms with E-state index >= 15 is 0 Å². The second-order valence-electron chi connectivity index (χ2n) is 4.59. The van der Waals surface area contributed by atoms with E-state index < -0.39 is 0 Å². The van der Waals surface area contributed by atoms with E-state index in [1.54, 1.807) is 14.2 Å². The molecule has 0 aliphatic carbocycles. The van der Waals surface area contributed by atoms with Gasteiger partial charge in [-0.05, 0) is 46.0 Å². The van der Waals surface area contributed by atoms with Crippen molar-refractivity contribution >= 4 is 15.9 Å². The number of hydrogen-bond donors (Lipinski definition) is 0. The Hall–Kier alpha value is -0.780. The molecule has 0 unspecified atom stereocenters. The highest BCUT2D eigenvalue weighted by molar-refractivity contribution is 9.10. The number of rotatable bonds is 8. The van der Waals surface area contributed by atoms with Gasteiger partial charge in [-0.2, -0.15) is 0 Å². The molecule has 0 atom stereocenters. The summed E-state index contributed by atoms with van der Waals surface area (Å²) in [7, 11) is 3.20. The maximum Gasteiger partial charge on any atom is 0.188 e. The molecule has 4 nitrogen and oxygen atoms in total. The number of halogens is 1. The van der Waals surface area contributed by atoms with Crippen molar-refractivity contribution in [2.45, 2.75) is 20.3 Å². The smallest absolute Gasteiger partial charge is 0.188 e. The first-order valence-electron chi connectivity index (χ1n) is 6.14. The Morgan fingerprint density at radius 3 is 2.11 bits per heavy atom. The van der Waals surface area contributed by atoms with E-state index in [1.807, 2.05) is 12.1 Å². The topological polar surface area (TPSA) is 36.9 Å². The van der Waals surface area contributed by atoms with Gasteiger partial charge in [0.05, 0.1) is 4.47 Å². The molecule has 0 amide bonds. The third-order valence-corrected chi connectivity index (χ3v) is 3.03. The zero-order valence-electron chi connectivity index (χ0n) is 11.9. The Morgan fingerprint density at radius 2 is 1.58 bits per heavy atom. The van der Waals surface area contributed by atoms with Crippen LogP contribution in [0, 0.1) is 5.92 Å². The van der Waals surface area contributed by atoms with Gasteiger partial charge in [0.1, 0.15) is 11.5 Å². The molecule has 19 heavy (non-hydrogen) atoms. The van der Waals surface area contributed by atoms with E-state index in [1.165, 1.54) is 0 Å². The van der Waals surface area contributed by atoms with Crippen LogP contribution in [0.15, 0.2) is 16.6 Å². The molecule has 1 aromatic rings. The average molecular weight is 333 g/mol. The van der Waals surface area contributed by atoms with Crippen molar-refractivity contribution in [1.29, 1.82) is 0 Å². The molecule has 0 aliphatic rings. The van der Waals surface area contributed by atoms with Crippen molar-refractivity contribution in [3.8, 4) is 11.5 Å². The van der Waals surface area contributed by atoms with Gasteiger partial charge in [0.15, 0.2) is 13.6 Å². The third kappa shape index (κ3) is 5.38. The number of benzene rings is 1. The lowest BCUT2D eigenvalue weighted by molar-refractivity contribution is 0.0473. The van der Waals surface area contributed by atoms with E-state index in [0.29, 0.717) is 5.92 Å². The Bertz CT molecular complexity index is 393. The molecule has 1 aromatic carbocycles. The molecule has 0 aromatic heterocycles. The molecular formula is C14H21BrO4. The quantitative estimate of drug-likeness (QED) is 0.681. The van der Waals surface area contributed by atoms with Gasteiger partial charge in [0.25, 0.3) is 0 Å². The predicted molar refractivity (Wildman–Crippen MR) is 77.7 cm³/mol. The fourth-order valence-electron chi connectivity index (χ4n) is 1.67. The van der Waals surface area contributed by atoms with Crippen LogP contribution in [0.1, 0.15) is 19.4 Å². The number of hydrogen-bond acceptors (Lipinski definition) is 4. The summed E-state index contributed by atoms with van der Waals surface area (Å²) in [5.41, 5.74) is 1.10. The van der Waals surface area contributed by atoms with Crippen LogP contribution in [-0.2, 0) is 15.9 Å². The first-order chi connectivity index (χ1) is 9.08. The highest BCUT2D eigenvalue weighted by atomic mass is 79.9. The van der Waals surface area contributed by atoms with Crippen LogP contribution in [0.3, 0.4) is 0 Å². The average Bonchev–Trinajstić information content (AvgIpc) is 2.36. The van der Waals surface area contributed by atoms with Gasteiger partial charge in [-0.25, -0.2) is 0 Å². The maximum atomic E-state index is 5.59. The van der Waals surface area contributed by atoms with E-state index in [2.05, 4.69) is 29.8 Å². The van der Waals surface area contributed by atoms with Crippen LogP contribution < -0.4 is 9.47 Å². The van der Waals surface area contributed by atoms with Crippen LogP contribution in [0.2, 0.25) is 0 Å². The second kappa shape index (κ2) is 8.40. The van der Waals surface area contributed by atoms with Crippen molar-refractivity contribution in [1.82, 2.24) is 0 Å². The van der Waals surface area contributed by atoms with Crippen molar-refractivity contribution in [2.24, 2.45) is 5.92 Å². The molecule has 0 saturated carbocycles. The van der Waals surface area contributed by atoms with Crippen LogP contribution in [0.25, 0.3) is 0 Å². The fourth-order valence-corrected chi connectivity index (χ4v) is 2.10. The molecule has 0 bridgehead atoms. The van der Waals surface area contributed by atoms with Gasteiger partial charge in [0.2, 0.25) is 0 Å². The minimum Gasteiger partial charge on any atom is -0.467 e. The first kappa shape index (κ1) is 16.3. The van der Waals surface area contributed by atoms with Gasteiger partial charge in [-0.15, -0.1) is 0 Å². The standard InChI is InChI=1S/C14H21BrO4/c1-10(2)5-11-6-14(19-9-17-4)12(15)7-13(11)18-8-16-3/h6-7,10H,5,8-9H2,1-4H3. The van der Waals surface area contributed by atoms with Gasteiger partial charge in [-0.3, -0.25) is 0 Å². The summed E-state index contributed by atoms with van der Waals surface area (Å²) < 4.78 is 21.8. The van der Waals surface area contributed by atoms with Crippen molar-refractivity contribution in [2.75, 3.05) is 27.8 Å². The monoisotopic (exact) mass is 332 g/mol. The van der Waals surface area contributed by atoms with Gasteiger partial charge in [0, 0.05) is 14.2 Å². The van der Waals surface area contributed by atoms with Gasteiger partial charge < -0.3 is 18.9 Å². The summed E-state index contributed by atoms with van der Waals surface area (Å²) in [5, 5.41) is 0. The summed E-state index contributed by atoms with van der Waals surface area (Å²) in [5.74, 6) is 2.09. The van der Waals surface area contributed by atoms with Crippen LogP contribution >= 0.6 is 15.9 Å². The van der Waals surface area contributed by atoms with E-state index in [4.69, 9.17) is 18.9 Å². The zero-order valence-corrected chi connectivity index (χ0v) is 13.5. The van der Waals surface area contributed by atoms with Crippen molar-refractivity contribution in [3.05, 3.63) is 22.2 Å². The maximum absolute atomic E-state index is 5.59. The molecular weight excluding hydrogens is 312 g/mol. The minimum absolute atomic E-state index is 0.220. The summed E-state index contributed by atoms with van der Waals surface area (Å²) >= 11 is 3.47. The molecule has 108 valence electrons. The molecule has 0 aliphatic heterocycles. The van der Waals surface area contributed by atoms with Crippen LogP contribution in [0.4, 0.5) is 0 Å². The molecule has 0 N–H and O–H groups in total. The largest absolute Gasteiger partial charge is 0.467 e. The summed E-state index contributed by atoms with van der Waals surface area (Å²) in [4.78, 5) is 0. The second-order valence-corrected chi connectivity index (χ2v) is 5.44. The summed E-state index contributed by atoms with van der Waals surface area (Å²) in [6.45, 7) is 4.78. The lowest BCUT2D eigenvalue weighted by atomic mass is 10.0. The van der Waals surface area contributed by atoms with Gasteiger partial charge >= 0.3 is 0 Å². The molecule has 5 heteroatoms. The first-order valence-corrected chi connectivity index (χ1v) is 6.93. The van der Waals surface area contributed by atoms with Gasteiger partial charge in [-0.1, -0.05) is 13.8 Å². The Balaban J connectivity index is 2.98. The zero-order chi connectivity index (χ0) is 14.3. The molecule has 0 saturated heterocycles. The summed E-state index contributed by atoms with van der Waals surface area (Å²) in [6.07, 6.45) is 0.912. The molecule has 0 fully saturated rings. The molecule has 0 heterocycles. The van der Waals surface area contributed by atoms with Crippen molar-refractivity contribution in [3.63, 3.8) is 0 Å². The van der Waals surface area contributed by atoms with E-state index in [0.717, 1.165) is 28.0 Å².